The number of fused-ring (bicyclic) bond motifs is 2. The number of amides is 1. The third-order valence-corrected chi connectivity index (χ3v) is 6.57. The molecule has 2 heterocycles. The maximum atomic E-state index is 13.7. The van der Waals surface area contributed by atoms with Crippen LogP contribution in [-0.2, 0) is 4.74 Å². The standard InChI is InChI=1S/C26H29NO4S/c1-15(2)30-12-6-11-27-22(18-7-9-19(32-5)10-8-18)21-23(28)20-14-16(3)13-17(4)24(20)31-25(21)26(27)29/h7-10,13-15,22H,6,11-12H2,1-5H3. The van der Waals surface area contributed by atoms with Crippen LogP contribution in [0.1, 0.15) is 59.1 Å². The van der Waals surface area contributed by atoms with E-state index >= 15 is 0 Å². The molecule has 3 aromatic rings. The maximum absolute atomic E-state index is 13.7. The minimum absolute atomic E-state index is 0.124. The first-order chi connectivity index (χ1) is 15.3. The van der Waals surface area contributed by atoms with Gasteiger partial charge in [-0.25, -0.2) is 0 Å². The maximum Gasteiger partial charge on any atom is 0.290 e. The van der Waals surface area contributed by atoms with Gasteiger partial charge in [-0.1, -0.05) is 18.2 Å². The first-order valence-corrected chi connectivity index (χ1v) is 12.2. The summed E-state index contributed by atoms with van der Waals surface area (Å²) in [5.41, 5.74) is 3.58. The van der Waals surface area contributed by atoms with Crippen LogP contribution in [0, 0.1) is 13.8 Å². The lowest BCUT2D eigenvalue weighted by Gasteiger charge is -2.25. The van der Waals surface area contributed by atoms with Crippen LogP contribution in [0.5, 0.6) is 0 Å². The molecule has 6 heteroatoms. The molecular formula is C26H29NO4S. The van der Waals surface area contributed by atoms with Crippen LogP contribution in [0.4, 0.5) is 0 Å². The zero-order valence-corrected chi connectivity index (χ0v) is 20.0. The van der Waals surface area contributed by atoms with Crippen molar-refractivity contribution in [1.29, 1.82) is 0 Å². The summed E-state index contributed by atoms with van der Waals surface area (Å²) in [5, 5.41) is 0.532. The molecule has 5 nitrogen and oxygen atoms in total. The number of hydrogen-bond acceptors (Lipinski definition) is 5. The lowest BCUT2D eigenvalue weighted by atomic mass is 9.97. The molecule has 0 radical (unpaired) electrons. The minimum Gasteiger partial charge on any atom is -0.450 e. The Hall–Kier alpha value is -2.57. The van der Waals surface area contributed by atoms with E-state index in [9.17, 15) is 9.59 Å². The van der Waals surface area contributed by atoms with Gasteiger partial charge in [-0.05, 0) is 75.3 Å². The summed E-state index contributed by atoms with van der Waals surface area (Å²) in [7, 11) is 0. The molecule has 1 aliphatic rings. The molecule has 4 rings (SSSR count). The number of nitrogens with zero attached hydrogens (tertiary/aromatic N) is 1. The van der Waals surface area contributed by atoms with Gasteiger partial charge in [-0.3, -0.25) is 9.59 Å². The van der Waals surface area contributed by atoms with Gasteiger partial charge in [0.1, 0.15) is 5.58 Å². The largest absolute Gasteiger partial charge is 0.450 e. The van der Waals surface area contributed by atoms with E-state index in [-0.39, 0.29) is 23.2 Å². The minimum atomic E-state index is -0.464. The van der Waals surface area contributed by atoms with E-state index in [2.05, 4.69) is 0 Å². The lowest BCUT2D eigenvalue weighted by Crippen LogP contribution is -2.31. The number of thioether (sulfide) groups is 1. The number of rotatable bonds is 7. The molecule has 1 atom stereocenters. The van der Waals surface area contributed by atoms with Crippen LogP contribution in [0.15, 0.2) is 50.5 Å². The smallest absolute Gasteiger partial charge is 0.290 e. The van der Waals surface area contributed by atoms with Crippen LogP contribution in [0.3, 0.4) is 0 Å². The molecule has 168 valence electrons. The van der Waals surface area contributed by atoms with Crippen molar-refractivity contribution in [3.05, 3.63) is 74.6 Å². The quantitative estimate of drug-likeness (QED) is 0.351. The van der Waals surface area contributed by atoms with Gasteiger partial charge in [0.05, 0.1) is 23.1 Å². The second kappa shape index (κ2) is 9.12. The van der Waals surface area contributed by atoms with Gasteiger partial charge in [0.15, 0.2) is 5.43 Å². The van der Waals surface area contributed by atoms with Crippen molar-refractivity contribution in [1.82, 2.24) is 4.90 Å². The van der Waals surface area contributed by atoms with Crippen molar-refractivity contribution < 1.29 is 13.9 Å². The summed E-state index contributed by atoms with van der Waals surface area (Å²) in [6.45, 7) is 8.89. The van der Waals surface area contributed by atoms with Crippen LogP contribution >= 0.6 is 11.8 Å². The van der Waals surface area contributed by atoms with Gasteiger partial charge in [-0.15, -0.1) is 11.8 Å². The van der Waals surface area contributed by atoms with E-state index in [1.165, 1.54) is 0 Å². The fourth-order valence-corrected chi connectivity index (χ4v) is 4.80. The fourth-order valence-electron chi connectivity index (χ4n) is 4.39. The molecule has 0 N–H and O–H groups in total. The highest BCUT2D eigenvalue weighted by atomic mass is 32.2. The van der Waals surface area contributed by atoms with Crippen LogP contribution in [-0.4, -0.2) is 36.3 Å². The second-order valence-corrected chi connectivity index (χ2v) is 9.46. The van der Waals surface area contributed by atoms with Gasteiger partial charge < -0.3 is 14.1 Å². The second-order valence-electron chi connectivity index (χ2n) is 8.58. The van der Waals surface area contributed by atoms with E-state index in [4.69, 9.17) is 9.15 Å². The number of aryl methyl sites for hydroxylation is 2. The Morgan fingerprint density at radius 1 is 1.12 bits per heavy atom. The van der Waals surface area contributed by atoms with Gasteiger partial charge >= 0.3 is 0 Å². The normalized spacial score (nSPS) is 15.8. The van der Waals surface area contributed by atoms with Crippen molar-refractivity contribution in [3.63, 3.8) is 0 Å². The van der Waals surface area contributed by atoms with Crippen LogP contribution in [0.25, 0.3) is 11.0 Å². The molecule has 32 heavy (non-hydrogen) atoms. The van der Waals surface area contributed by atoms with E-state index < -0.39 is 6.04 Å². The molecule has 0 saturated heterocycles. The van der Waals surface area contributed by atoms with Crippen molar-refractivity contribution in [2.45, 2.75) is 51.2 Å². The highest BCUT2D eigenvalue weighted by molar-refractivity contribution is 7.98. The number of benzene rings is 2. The average molecular weight is 452 g/mol. The molecule has 1 aliphatic heterocycles. The predicted molar refractivity (Wildman–Crippen MR) is 129 cm³/mol. The van der Waals surface area contributed by atoms with E-state index in [0.717, 1.165) is 21.6 Å². The third kappa shape index (κ3) is 4.09. The number of hydrogen-bond donors (Lipinski definition) is 0. The molecule has 0 aliphatic carbocycles. The molecule has 0 fully saturated rings. The van der Waals surface area contributed by atoms with Gasteiger partial charge in [0.25, 0.3) is 5.91 Å². The molecular weight excluding hydrogens is 422 g/mol. The van der Waals surface area contributed by atoms with Gasteiger partial charge in [-0.2, -0.15) is 0 Å². The monoisotopic (exact) mass is 451 g/mol. The van der Waals surface area contributed by atoms with Crippen LogP contribution < -0.4 is 5.43 Å². The number of carbonyl (C=O) groups excluding carboxylic acids is 1. The summed E-state index contributed by atoms with van der Waals surface area (Å²) in [6.07, 6.45) is 2.84. The van der Waals surface area contributed by atoms with Crippen molar-refractivity contribution in [2.24, 2.45) is 0 Å². The van der Waals surface area contributed by atoms with E-state index in [1.807, 2.05) is 70.3 Å². The van der Waals surface area contributed by atoms with Crippen molar-refractivity contribution in [2.75, 3.05) is 19.4 Å². The molecule has 1 amide bonds. The van der Waals surface area contributed by atoms with Crippen molar-refractivity contribution in [3.8, 4) is 0 Å². The molecule has 2 aromatic carbocycles. The predicted octanol–water partition coefficient (Wildman–Crippen LogP) is 5.49. The summed E-state index contributed by atoms with van der Waals surface area (Å²) in [4.78, 5) is 30.0. The Morgan fingerprint density at radius 2 is 1.84 bits per heavy atom. The van der Waals surface area contributed by atoms with E-state index in [0.29, 0.717) is 36.1 Å². The van der Waals surface area contributed by atoms with Gasteiger partial charge in [0, 0.05) is 18.0 Å². The summed E-state index contributed by atoms with van der Waals surface area (Å²) in [5.74, 6) is -0.0689. The van der Waals surface area contributed by atoms with E-state index in [1.54, 1.807) is 16.7 Å². The number of ether oxygens (including phenoxy) is 1. The first-order valence-electron chi connectivity index (χ1n) is 11.0. The summed E-state index contributed by atoms with van der Waals surface area (Å²) >= 11 is 1.66. The number of carbonyl (C=O) groups is 1. The fraction of sp³-hybridized carbons (Fsp3) is 0.385. The third-order valence-electron chi connectivity index (χ3n) is 5.82. The average Bonchev–Trinajstić information content (AvgIpc) is 3.04. The molecule has 0 spiro atoms. The Morgan fingerprint density at radius 3 is 2.50 bits per heavy atom. The molecule has 0 bridgehead atoms. The molecule has 0 saturated carbocycles. The lowest BCUT2D eigenvalue weighted by molar-refractivity contribution is 0.0593. The zero-order chi connectivity index (χ0) is 23.0. The van der Waals surface area contributed by atoms with Crippen LogP contribution in [0.2, 0.25) is 0 Å². The Bertz CT molecular complexity index is 1210. The Labute approximate surface area is 192 Å². The van der Waals surface area contributed by atoms with Gasteiger partial charge in [0.2, 0.25) is 5.76 Å². The molecule has 1 unspecified atom stereocenters. The summed E-state index contributed by atoms with van der Waals surface area (Å²) in [6, 6.07) is 11.4. The topological polar surface area (TPSA) is 59.8 Å². The summed E-state index contributed by atoms with van der Waals surface area (Å²) < 4.78 is 11.8. The Balaban J connectivity index is 1.84. The first kappa shape index (κ1) is 22.6. The molecule has 1 aromatic heterocycles. The SMILES string of the molecule is CSc1ccc(C2c3c(oc4c(C)cc(C)cc4c3=O)C(=O)N2CCCOC(C)C)cc1. The zero-order valence-electron chi connectivity index (χ0n) is 19.2. The Kier molecular flexibility index (Phi) is 6.45. The highest BCUT2D eigenvalue weighted by Gasteiger charge is 2.42. The highest BCUT2D eigenvalue weighted by Crippen LogP contribution is 2.39. The van der Waals surface area contributed by atoms with Crippen molar-refractivity contribution >= 4 is 28.6 Å².